The number of carbonyl (C=O) groups excluding carboxylic acids is 10. The number of hydrogen-bond acceptors (Lipinski definition) is 19. The van der Waals surface area contributed by atoms with E-state index in [9.17, 15) is 47.9 Å². The largest absolute Gasteiger partial charge is 0.454 e. The number of pyridine rings is 2. The first-order valence-electron chi connectivity index (χ1n) is 29.3. The van der Waals surface area contributed by atoms with Gasteiger partial charge < -0.3 is 52.2 Å². The van der Waals surface area contributed by atoms with Crippen LogP contribution in [0, 0.1) is 11.8 Å². The van der Waals surface area contributed by atoms with Crippen LogP contribution in [0.25, 0.3) is 5.57 Å². The van der Waals surface area contributed by atoms with Crippen LogP contribution in [0.4, 0.5) is 0 Å². The standard InChI is InChI=1S/C60H79N11O11S4/c1-69(2)28-12-8-17-40-32-49(72)46(37-84-86-53-22-7-11-26-64-53)66-51(74)34-44(59(80)71-30-14-20-48(71)55(62)76)67-56(77)41(16-5-9-27-65-58(79)43(61)36-83-85-52-21-6-10-25-63-52)33-50(73)47-19-13-29-70(47)54(75)35-82-60(81)45(68-57(40)78)31-39-24-23-38-15-3-4-18-42(38)39/h3-4,6-7,10-11,15,18,21-22,24-26,40-41,43-48H,5,8-9,12-14,16-17,19-20,23,27-37,61H2,1-2H3,(H2,62,76)(H,65,79)(H,66,74)(H,67,77)(H,68,78)/t40-,41-,43+,44+,45+,46+,47+,48+/m1/s1. The van der Waals surface area contributed by atoms with E-state index in [0.29, 0.717) is 62.3 Å². The minimum atomic E-state index is -1.60. The lowest BCUT2D eigenvalue weighted by Gasteiger charge is -2.30. The average Bonchev–Trinajstić information content (AvgIpc) is 4.03. The molecule has 464 valence electrons. The molecule has 7 amide bonds. The second kappa shape index (κ2) is 34.3. The van der Waals surface area contributed by atoms with Crippen molar-refractivity contribution in [3.63, 3.8) is 0 Å². The second-order valence-electron chi connectivity index (χ2n) is 22.2. The van der Waals surface area contributed by atoms with Crippen LogP contribution in [-0.2, 0) is 59.1 Å². The van der Waals surface area contributed by atoms with Crippen molar-refractivity contribution < 1.29 is 52.7 Å². The predicted molar refractivity (Wildman–Crippen MR) is 331 cm³/mol. The average molecular weight is 1260 g/mol. The Morgan fingerprint density at radius 1 is 0.767 bits per heavy atom. The van der Waals surface area contributed by atoms with Crippen LogP contribution in [0.2, 0.25) is 0 Å². The maximum Gasteiger partial charge on any atom is 0.329 e. The highest BCUT2D eigenvalue weighted by atomic mass is 33.1. The van der Waals surface area contributed by atoms with Crippen molar-refractivity contribution in [3.05, 3.63) is 90.3 Å². The summed E-state index contributed by atoms with van der Waals surface area (Å²) in [7, 11) is 9.12. The molecule has 3 aliphatic heterocycles. The number of ether oxygens (including phenoxy) is 1. The first-order valence-corrected chi connectivity index (χ1v) is 34.0. The van der Waals surface area contributed by atoms with E-state index in [-0.39, 0.29) is 69.8 Å². The molecule has 2 aromatic heterocycles. The number of primary amides is 1. The van der Waals surface area contributed by atoms with Crippen molar-refractivity contribution in [3.8, 4) is 0 Å². The number of rotatable bonds is 23. The van der Waals surface area contributed by atoms with Crippen LogP contribution in [0.1, 0.15) is 101 Å². The zero-order chi connectivity index (χ0) is 61.5. The number of Topliss-reactive ketones (excluding diaryl/α,β-unsaturated/α-hetero) is 2. The number of carbonyl (C=O) groups is 10. The van der Waals surface area contributed by atoms with Gasteiger partial charge in [-0.25, -0.2) is 14.8 Å². The highest BCUT2D eigenvalue weighted by Crippen LogP contribution is 2.34. The zero-order valence-electron chi connectivity index (χ0n) is 48.7. The number of nitrogens with one attached hydrogen (secondary N) is 4. The van der Waals surface area contributed by atoms with Gasteiger partial charge in [-0.1, -0.05) is 76.9 Å². The number of amides is 7. The van der Waals surface area contributed by atoms with Gasteiger partial charge in [0, 0.05) is 74.6 Å². The normalized spacial score (nSPS) is 23.2. The molecule has 86 heavy (non-hydrogen) atoms. The number of unbranched alkanes of at least 4 members (excludes halogenated alkanes) is 2. The Morgan fingerprint density at radius 2 is 1.43 bits per heavy atom. The highest BCUT2D eigenvalue weighted by molar-refractivity contribution is 8.77. The maximum atomic E-state index is 14.9. The van der Waals surface area contributed by atoms with Gasteiger partial charge in [-0.05, 0) is 141 Å². The highest BCUT2D eigenvalue weighted by Gasteiger charge is 2.41. The Morgan fingerprint density at radius 3 is 2.13 bits per heavy atom. The molecule has 0 unspecified atom stereocenters. The van der Waals surface area contributed by atoms with E-state index in [1.54, 1.807) is 36.7 Å². The summed E-state index contributed by atoms with van der Waals surface area (Å²) in [6.45, 7) is 0.392. The molecule has 0 bridgehead atoms. The van der Waals surface area contributed by atoms with Gasteiger partial charge >= 0.3 is 5.97 Å². The molecule has 1 aromatic carbocycles. The maximum absolute atomic E-state index is 14.9. The summed E-state index contributed by atoms with van der Waals surface area (Å²) in [6, 6.07) is 11.5. The summed E-state index contributed by atoms with van der Waals surface area (Å²) in [5, 5.41) is 12.7. The molecular weight excluding hydrogens is 1180 g/mol. The van der Waals surface area contributed by atoms with E-state index >= 15 is 0 Å². The Hall–Kier alpha value is -6.32. The number of esters is 1. The van der Waals surface area contributed by atoms with Crippen molar-refractivity contribution in [2.75, 3.05) is 58.4 Å². The third-order valence-electron chi connectivity index (χ3n) is 15.5. The summed E-state index contributed by atoms with van der Waals surface area (Å²) in [6.07, 6.45) is 7.94. The number of nitrogens with two attached hydrogens (primary N) is 2. The van der Waals surface area contributed by atoms with Gasteiger partial charge in [-0.3, -0.25) is 43.2 Å². The summed E-state index contributed by atoms with van der Waals surface area (Å²) in [5.41, 5.74) is 14.7. The first-order chi connectivity index (χ1) is 41.4. The summed E-state index contributed by atoms with van der Waals surface area (Å²) in [5.74, 6) is -8.45. The lowest BCUT2D eigenvalue weighted by molar-refractivity contribution is -0.155. The van der Waals surface area contributed by atoms with E-state index in [2.05, 4.69) is 31.2 Å². The van der Waals surface area contributed by atoms with Gasteiger partial charge in [-0.15, -0.1) is 0 Å². The van der Waals surface area contributed by atoms with E-state index in [4.69, 9.17) is 16.2 Å². The second-order valence-corrected chi connectivity index (χ2v) is 26.9. The fourth-order valence-electron chi connectivity index (χ4n) is 10.9. The number of hydrogen-bond donors (Lipinski definition) is 6. The number of fused-ring (bicyclic) bond motifs is 2. The molecule has 26 heteroatoms. The fourth-order valence-corrected chi connectivity index (χ4v) is 15.1. The topological polar surface area (TPSA) is 316 Å². The third-order valence-corrected chi connectivity index (χ3v) is 20.1. The van der Waals surface area contributed by atoms with Gasteiger partial charge in [0.1, 0.15) is 28.2 Å². The van der Waals surface area contributed by atoms with E-state index in [1.165, 1.54) is 53.0 Å². The fraction of sp³-hybridized carbons (Fsp3) is 0.533. The number of nitrogens with zero attached hydrogens (tertiary/aromatic N) is 5. The molecule has 0 radical (unpaired) electrons. The molecular formula is C60H79N11O11S4. The molecule has 7 rings (SSSR count). The van der Waals surface area contributed by atoms with Gasteiger partial charge in [0.15, 0.2) is 18.2 Å². The molecule has 0 spiro atoms. The Labute approximate surface area is 518 Å². The molecule has 1 aliphatic carbocycles. The molecule has 3 aromatic rings. The summed E-state index contributed by atoms with van der Waals surface area (Å²) in [4.78, 5) is 156. The summed E-state index contributed by atoms with van der Waals surface area (Å²) < 4.78 is 5.76. The lowest BCUT2D eigenvalue weighted by atomic mass is 9.91. The van der Waals surface area contributed by atoms with Gasteiger partial charge in [0.25, 0.3) is 5.91 Å². The Kier molecular flexibility index (Phi) is 26.8. The predicted octanol–water partition coefficient (Wildman–Crippen LogP) is 4.05. The van der Waals surface area contributed by atoms with Crippen molar-refractivity contribution >= 4 is 108 Å². The lowest BCUT2D eigenvalue weighted by Crippen LogP contribution is -2.56. The van der Waals surface area contributed by atoms with Crippen LogP contribution in [0.3, 0.4) is 0 Å². The summed E-state index contributed by atoms with van der Waals surface area (Å²) >= 11 is 0. The molecule has 3 saturated heterocycles. The van der Waals surface area contributed by atoms with Crippen LogP contribution in [0.15, 0.2) is 89.2 Å². The van der Waals surface area contributed by atoms with Crippen molar-refractivity contribution in [1.29, 1.82) is 0 Å². The van der Waals surface area contributed by atoms with Gasteiger partial charge in [0.2, 0.25) is 35.4 Å². The van der Waals surface area contributed by atoms with Crippen molar-refractivity contribution in [2.24, 2.45) is 23.3 Å². The molecule has 8 N–H and O–H groups in total. The molecule has 22 nitrogen and oxygen atoms in total. The number of benzene rings is 1. The molecule has 8 atom stereocenters. The molecule has 3 fully saturated rings. The minimum absolute atomic E-state index is 0.00844. The van der Waals surface area contributed by atoms with E-state index in [1.807, 2.05) is 61.5 Å². The van der Waals surface area contributed by atoms with E-state index in [0.717, 1.165) is 21.7 Å². The Balaban J connectivity index is 1.17. The third kappa shape index (κ3) is 20.4. The van der Waals surface area contributed by atoms with Crippen molar-refractivity contribution in [2.45, 2.75) is 143 Å². The molecule has 5 heterocycles. The number of allylic oxidation sites excluding steroid dienone is 1. The van der Waals surface area contributed by atoms with E-state index < -0.39 is 121 Å². The first kappa shape index (κ1) is 67.2. The molecule has 0 saturated carbocycles. The quantitative estimate of drug-likeness (QED) is 0.0443. The van der Waals surface area contributed by atoms with Gasteiger partial charge in [0.05, 0.1) is 24.5 Å². The van der Waals surface area contributed by atoms with Gasteiger partial charge in [-0.2, -0.15) is 0 Å². The monoisotopic (exact) mass is 1260 g/mol. The zero-order valence-corrected chi connectivity index (χ0v) is 52.0. The van der Waals surface area contributed by atoms with Crippen LogP contribution >= 0.6 is 43.2 Å². The van der Waals surface area contributed by atoms with Crippen LogP contribution in [0.5, 0.6) is 0 Å². The number of cyclic esters (lactones) is 1. The van der Waals surface area contributed by atoms with Crippen LogP contribution in [-0.4, -0.2) is 178 Å². The van der Waals surface area contributed by atoms with Crippen molar-refractivity contribution in [1.82, 2.24) is 45.9 Å². The number of aromatic nitrogens is 2. The smallest absolute Gasteiger partial charge is 0.329 e. The molecule has 4 aliphatic rings. The SMILES string of the molecule is CN(C)CCCC[C@@H]1CC(=O)[C@H](CSSc2ccccn2)NC(=O)C[C@@H](C(=O)N2CCC[C@H]2C(N)=O)NC(=O)[C@H](CCCCNC(=O)[C@@H](N)CSSc2ccccn2)CC(=O)[C@@H]2CCCN2C(=O)COC(=O)[C@H](CC2=CCc3ccccc32)NC1=O. The number of likely N-dealkylation sites (tertiary alicyclic amines) is 1. The van der Waals surface area contributed by atoms with Crippen LogP contribution < -0.4 is 32.7 Å². The minimum Gasteiger partial charge on any atom is -0.454 e. The Bertz CT molecular complexity index is 2890. The number of ketones is 2.